The van der Waals surface area contributed by atoms with Crippen LogP contribution in [0.2, 0.25) is 0 Å². The van der Waals surface area contributed by atoms with Crippen LogP contribution >= 0.6 is 0 Å². The number of likely N-dealkylation sites (tertiary alicyclic amines) is 1. The van der Waals surface area contributed by atoms with Crippen LogP contribution in [0.25, 0.3) is 0 Å². The molecule has 1 saturated heterocycles. The van der Waals surface area contributed by atoms with Crippen molar-refractivity contribution >= 4 is 11.8 Å². The minimum atomic E-state index is -4.42. The maximum Gasteiger partial charge on any atom is 0.419 e. The van der Waals surface area contributed by atoms with Crippen LogP contribution in [0.5, 0.6) is 0 Å². The molecule has 2 heterocycles. The van der Waals surface area contributed by atoms with Gasteiger partial charge in [-0.2, -0.15) is 13.2 Å². The van der Waals surface area contributed by atoms with Crippen molar-refractivity contribution in [3.05, 3.63) is 23.9 Å². The third kappa shape index (κ3) is 6.89. The van der Waals surface area contributed by atoms with Crippen molar-refractivity contribution in [2.45, 2.75) is 38.4 Å². The Morgan fingerprint density at radius 3 is 2.67 bits per heavy atom. The first-order valence-electron chi connectivity index (χ1n) is 9.39. The van der Waals surface area contributed by atoms with Gasteiger partial charge in [-0.25, -0.2) is 4.98 Å². The molecule has 3 N–H and O–H groups in total. The van der Waals surface area contributed by atoms with Crippen LogP contribution in [0.15, 0.2) is 23.3 Å². The van der Waals surface area contributed by atoms with Crippen molar-refractivity contribution < 1.29 is 13.2 Å². The summed E-state index contributed by atoms with van der Waals surface area (Å²) < 4.78 is 38.8. The van der Waals surface area contributed by atoms with Gasteiger partial charge in [0.2, 0.25) is 0 Å². The van der Waals surface area contributed by atoms with Gasteiger partial charge in [-0.3, -0.25) is 4.99 Å². The van der Waals surface area contributed by atoms with Crippen molar-refractivity contribution in [2.24, 2.45) is 4.99 Å². The number of aliphatic imine (C=N–C) groups is 1. The highest BCUT2D eigenvalue weighted by Crippen LogP contribution is 2.33. The second-order valence-electron chi connectivity index (χ2n) is 6.58. The molecule has 0 saturated carbocycles. The number of guanidine groups is 1. The molecule has 152 valence electrons. The Labute approximate surface area is 158 Å². The zero-order valence-corrected chi connectivity index (χ0v) is 15.9. The zero-order valence-electron chi connectivity index (χ0n) is 15.9. The van der Waals surface area contributed by atoms with Crippen LogP contribution in [0.3, 0.4) is 0 Å². The Morgan fingerprint density at radius 1 is 1.30 bits per heavy atom. The quantitative estimate of drug-likeness (QED) is 0.382. The van der Waals surface area contributed by atoms with Crippen LogP contribution in [-0.2, 0) is 6.18 Å². The van der Waals surface area contributed by atoms with Crippen LogP contribution < -0.4 is 16.0 Å². The summed E-state index contributed by atoms with van der Waals surface area (Å²) in [7, 11) is 1.69. The third-order valence-corrected chi connectivity index (χ3v) is 4.51. The van der Waals surface area contributed by atoms with Crippen molar-refractivity contribution in [3.8, 4) is 0 Å². The zero-order chi connectivity index (χ0) is 19.7. The normalized spacial score (nSPS) is 17.0. The summed E-state index contributed by atoms with van der Waals surface area (Å²) in [5.74, 6) is 0.515. The minimum absolute atomic E-state index is 0.155. The Kier molecular flexibility index (Phi) is 8.15. The summed E-state index contributed by atoms with van der Waals surface area (Å²) in [6.07, 6.45) is 0.203. The maximum absolute atomic E-state index is 12.9. The molecule has 0 atom stereocenters. The van der Waals surface area contributed by atoms with E-state index in [9.17, 15) is 13.2 Å². The van der Waals surface area contributed by atoms with Crippen molar-refractivity contribution in [1.29, 1.82) is 0 Å². The summed E-state index contributed by atoms with van der Waals surface area (Å²) in [5, 5.41) is 9.27. The average Bonchev–Trinajstić information content (AvgIpc) is 2.65. The number of aromatic nitrogens is 1. The van der Waals surface area contributed by atoms with E-state index in [-0.39, 0.29) is 5.82 Å². The summed E-state index contributed by atoms with van der Waals surface area (Å²) in [6.45, 7) is 6.21. The Hall–Kier alpha value is -2.03. The van der Waals surface area contributed by atoms with E-state index < -0.39 is 11.7 Å². The summed E-state index contributed by atoms with van der Waals surface area (Å²) in [4.78, 5) is 10.4. The second-order valence-corrected chi connectivity index (χ2v) is 6.58. The van der Waals surface area contributed by atoms with Gasteiger partial charge in [0.25, 0.3) is 0 Å². The lowest BCUT2D eigenvalue weighted by Crippen LogP contribution is -2.49. The highest BCUT2D eigenvalue weighted by Gasteiger charge is 2.33. The van der Waals surface area contributed by atoms with Crippen molar-refractivity contribution in [1.82, 2.24) is 20.5 Å². The molecule has 1 fully saturated rings. The largest absolute Gasteiger partial charge is 0.419 e. The number of piperidine rings is 1. The average molecular weight is 386 g/mol. The first-order chi connectivity index (χ1) is 12.9. The number of halogens is 3. The molecule has 1 aromatic rings. The number of hydrogen-bond acceptors (Lipinski definition) is 4. The lowest BCUT2D eigenvalue weighted by Gasteiger charge is -2.32. The highest BCUT2D eigenvalue weighted by molar-refractivity contribution is 5.80. The van der Waals surface area contributed by atoms with Gasteiger partial charge in [0.05, 0.1) is 5.56 Å². The van der Waals surface area contributed by atoms with Gasteiger partial charge in [-0.05, 0) is 37.9 Å². The molecule has 0 radical (unpaired) electrons. The molecule has 0 aliphatic carbocycles. The summed E-state index contributed by atoms with van der Waals surface area (Å²) in [5.41, 5.74) is -0.758. The van der Waals surface area contributed by atoms with E-state index in [2.05, 4.69) is 37.8 Å². The predicted octanol–water partition coefficient (Wildman–Crippen LogP) is 2.55. The second kappa shape index (κ2) is 10.3. The first-order valence-corrected chi connectivity index (χ1v) is 9.39. The predicted molar refractivity (Wildman–Crippen MR) is 102 cm³/mol. The maximum atomic E-state index is 12.9. The molecular weight excluding hydrogens is 357 g/mol. The SMILES string of the molecule is CCCN1CCC(NC(=NC)NCCNc2ncccc2C(F)(F)F)CC1. The van der Waals surface area contributed by atoms with Crippen LogP contribution in [0, 0.1) is 0 Å². The van der Waals surface area contributed by atoms with Crippen LogP contribution in [0.1, 0.15) is 31.7 Å². The molecule has 0 amide bonds. The number of anilines is 1. The lowest BCUT2D eigenvalue weighted by atomic mass is 10.1. The number of nitrogens with one attached hydrogen (secondary N) is 3. The fourth-order valence-corrected chi connectivity index (χ4v) is 3.14. The fraction of sp³-hybridized carbons (Fsp3) is 0.667. The Bertz CT molecular complexity index is 597. The molecule has 0 bridgehead atoms. The van der Waals surface area contributed by atoms with Crippen molar-refractivity contribution in [2.75, 3.05) is 45.1 Å². The summed E-state index contributed by atoms with van der Waals surface area (Å²) >= 11 is 0. The minimum Gasteiger partial charge on any atom is -0.368 e. The van der Waals surface area contributed by atoms with E-state index in [4.69, 9.17) is 0 Å². The third-order valence-electron chi connectivity index (χ3n) is 4.51. The molecule has 0 aromatic carbocycles. The number of nitrogens with zero attached hydrogens (tertiary/aromatic N) is 3. The van der Waals surface area contributed by atoms with Crippen molar-refractivity contribution in [3.63, 3.8) is 0 Å². The van der Waals surface area contributed by atoms with E-state index >= 15 is 0 Å². The number of hydrogen-bond donors (Lipinski definition) is 3. The Morgan fingerprint density at radius 2 is 2.04 bits per heavy atom. The van der Waals surface area contributed by atoms with Gasteiger partial charge >= 0.3 is 6.18 Å². The highest BCUT2D eigenvalue weighted by atomic mass is 19.4. The first kappa shape index (κ1) is 21.3. The molecule has 1 aliphatic rings. The van der Waals surface area contributed by atoms with Gasteiger partial charge in [-0.1, -0.05) is 6.92 Å². The van der Waals surface area contributed by atoms with E-state index in [0.717, 1.165) is 38.5 Å². The van der Waals surface area contributed by atoms with E-state index in [1.165, 1.54) is 18.7 Å². The molecule has 2 rings (SSSR count). The summed E-state index contributed by atoms with van der Waals surface area (Å²) in [6, 6.07) is 2.67. The van der Waals surface area contributed by atoms with E-state index in [1.54, 1.807) is 7.05 Å². The number of alkyl halides is 3. The fourth-order valence-electron chi connectivity index (χ4n) is 3.14. The smallest absolute Gasteiger partial charge is 0.368 e. The molecule has 6 nitrogen and oxygen atoms in total. The van der Waals surface area contributed by atoms with Gasteiger partial charge in [0.15, 0.2) is 5.96 Å². The van der Waals surface area contributed by atoms with Gasteiger partial charge < -0.3 is 20.9 Å². The molecule has 27 heavy (non-hydrogen) atoms. The van der Waals surface area contributed by atoms with Crippen LogP contribution in [-0.4, -0.2) is 61.7 Å². The molecule has 0 spiro atoms. The lowest BCUT2D eigenvalue weighted by molar-refractivity contribution is -0.137. The molecule has 1 aliphatic heterocycles. The Balaban J connectivity index is 1.73. The topological polar surface area (TPSA) is 64.6 Å². The van der Waals surface area contributed by atoms with E-state index in [1.807, 2.05) is 0 Å². The standard InChI is InChI=1S/C18H29F3N6/c1-3-11-27-12-6-14(7-13-27)26-17(22-2)25-10-9-24-16-15(18(19,20)21)5-4-8-23-16/h4-5,8,14H,3,6-7,9-13H2,1-2H3,(H,23,24)(H2,22,25,26). The van der Waals surface area contributed by atoms with Gasteiger partial charge in [-0.15, -0.1) is 0 Å². The van der Waals surface area contributed by atoms with E-state index in [0.29, 0.717) is 25.1 Å². The molecule has 0 unspecified atom stereocenters. The molecular formula is C18H29F3N6. The monoisotopic (exact) mass is 386 g/mol. The molecule has 9 heteroatoms. The number of rotatable bonds is 7. The van der Waals surface area contributed by atoms with Gasteiger partial charge in [0.1, 0.15) is 5.82 Å². The van der Waals surface area contributed by atoms with Gasteiger partial charge in [0, 0.05) is 45.5 Å². The number of pyridine rings is 1. The van der Waals surface area contributed by atoms with Crippen LogP contribution in [0.4, 0.5) is 19.0 Å². The molecule has 1 aromatic heterocycles.